The molecule has 4 aromatic carbocycles. The molecule has 4 nitrogen and oxygen atoms in total. The first-order chi connectivity index (χ1) is 16.9. The predicted octanol–water partition coefficient (Wildman–Crippen LogP) is 8.32. The number of aromatic nitrogens is 2. The maximum atomic E-state index is 13.3. The van der Waals surface area contributed by atoms with Crippen LogP contribution >= 0.6 is 0 Å². The second kappa shape index (κ2) is 7.84. The Hall–Kier alpha value is -4.39. The van der Waals surface area contributed by atoms with Crippen LogP contribution in [0.1, 0.15) is 11.1 Å². The molecule has 0 amide bonds. The first-order valence-corrected chi connectivity index (χ1v) is 10.9. The molecule has 0 aliphatic rings. The minimum atomic E-state index is -4.49. The van der Waals surface area contributed by atoms with Crippen LogP contribution in [0.25, 0.3) is 44.0 Å². The molecule has 0 saturated heterocycles. The second-order valence-corrected chi connectivity index (χ2v) is 8.33. The highest BCUT2D eigenvalue weighted by atomic mass is 19.4. The molecule has 0 radical (unpaired) electrons. The van der Waals surface area contributed by atoms with Crippen LogP contribution in [0, 0.1) is 6.92 Å². The third kappa shape index (κ3) is 3.75. The van der Waals surface area contributed by atoms with Crippen molar-refractivity contribution >= 4 is 32.5 Å². The number of furan rings is 1. The van der Waals surface area contributed by atoms with Crippen molar-refractivity contribution in [2.24, 2.45) is 0 Å². The number of alkyl halides is 3. The van der Waals surface area contributed by atoms with Gasteiger partial charge in [-0.1, -0.05) is 48.5 Å². The van der Waals surface area contributed by atoms with Gasteiger partial charge in [0.25, 0.3) is 0 Å². The lowest BCUT2D eigenvalue weighted by molar-refractivity contribution is -0.137. The SMILES string of the molecule is Cc1ccc(C(F)(F)F)cc1Oc1nnc(-c2cc3ccccc3o2)c2cc3ccccc3cc12. The van der Waals surface area contributed by atoms with E-state index in [1.165, 1.54) is 6.07 Å². The molecule has 6 aromatic rings. The minimum Gasteiger partial charge on any atom is -0.454 e. The zero-order chi connectivity index (χ0) is 24.2. The summed E-state index contributed by atoms with van der Waals surface area (Å²) in [5.74, 6) is 0.730. The van der Waals surface area contributed by atoms with Crippen LogP contribution in [0.4, 0.5) is 13.2 Å². The van der Waals surface area contributed by atoms with Crippen LogP contribution in [0.5, 0.6) is 11.6 Å². The molecule has 0 aliphatic heterocycles. The summed E-state index contributed by atoms with van der Waals surface area (Å²) in [6, 6.07) is 24.6. The number of nitrogens with zero attached hydrogens (tertiary/aromatic N) is 2. The average Bonchev–Trinajstić information content (AvgIpc) is 3.27. The summed E-state index contributed by atoms with van der Waals surface area (Å²) in [7, 11) is 0. The molecule has 0 saturated carbocycles. The van der Waals surface area contributed by atoms with Crippen molar-refractivity contribution in [2.45, 2.75) is 13.1 Å². The molecule has 0 aliphatic carbocycles. The van der Waals surface area contributed by atoms with Crippen LogP contribution in [0.2, 0.25) is 0 Å². The van der Waals surface area contributed by atoms with Crippen molar-refractivity contribution in [3.63, 3.8) is 0 Å². The van der Waals surface area contributed by atoms with E-state index in [0.717, 1.165) is 39.3 Å². The van der Waals surface area contributed by atoms with Gasteiger partial charge >= 0.3 is 6.18 Å². The number of hydrogen-bond acceptors (Lipinski definition) is 4. The van der Waals surface area contributed by atoms with Crippen molar-refractivity contribution in [3.8, 4) is 23.1 Å². The van der Waals surface area contributed by atoms with Gasteiger partial charge in [0.15, 0.2) is 5.76 Å². The number of halogens is 3. The van der Waals surface area contributed by atoms with Crippen LogP contribution in [0.3, 0.4) is 0 Å². The molecule has 7 heteroatoms. The fourth-order valence-corrected chi connectivity index (χ4v) is 4.16. The first kappa shape index (κ1) is 21.2. The van der Waals surface area contributed by atoms with E-state index < -0.39 is 11.7 Å². The monoisotopic (exact) mass is 470 g/mol. The van der Waals surface area contributed by atoms with Gasteiger partial charge in [-0.3, -0.25) is 0 Å². The maximum Gasteiger partial charge on any atom is 0.416 e. The minimum absolute atomic E-state index is 0.0695. The highest BCUT2D eigenvalue weighted by molar-refractivity contribution is 6.05. The van der Waals surface area contributed by atoms with E-state index >= 15 is 0 Å². The van der Waals surface area contributed by atoms with Gasteiger partial charge in [0.2, 0.25) is 5.88 Å². The van der Waals surface area contributed by atoms with Crippen molar-refractivity contribution < 1.29 is 22.3 Å². The molecule has 0 N–H and O–H groups in total. The Morgan fingerprint density at radius 1 is 0.743 bits per heavy atom. The predicted molar refractivity (Wildman–Crippen MR) is 129 cm³/mol. The molecule has 0 unspecified atom stereocenters. The van der Waals surface area contributed by atoms with Crippen molar-refractivity contribution in [3.05, 3.63) is 96.1 Å². The van der Waals surface area contributed by atoms with Gasteiger partial charge in [0.05, 0.1) is 5.56 Å². The topological polar surface area (TPSA) is 48.2 Å². The van der Waals surface area contributed by atoms with E-state index in [1.54, 1.807) is 6.92 Å². The maximum absolute atomic E-state index is 13.3. The standard InChI is InChI=1S/C28H17F3N2O2/c1-16-10-11-20(28(29,30)31)15-24(16)35-27-22-13-18-7-3-2-6-17(18)12-21(22)26(32-33-27)25-14-19-8-4-5-9-23(19)34-25/h2-15H,1H3. The van der Waals surface area contributed by atoms with Gasteiger partial charge in [0, 0.05) is 16.2 Å². The summed E-state index contributed by atoms with van der Waals surface area (Å²) in [6.07, 6.45) is -4.49. The van der Waals surface area contributed by atoms with Crippen LogP contribution < -0.4 is 4.74 Å². The summed E-state index contributed by atoms with van der Waals surface area (Å²) in [5, 5.41) is 12.8. The number of benzene rings is 4. The first-order valence-electron chi connectivity index (χ1n) is 10.9. The number of hydrogen-bond donors (Lipinski definition) is 0. The molecule has 6 rings (SSSR count). The molecule has 0 spiro atoms. The lowest BCUT2D eigenvalue weighted by atomic mass is 10.0. The van der Waals surface area contributed by atoms with Crippen LogP contribution in [-0.4, -0.2) is 10.2 Å². The Labute approximate surface area is 197 Å². The summed E-state index contributed by atoms with van der Waals surface area (Å²) < 4.78 is 51.9. The smallest absolute Gasteiger partial charge is 0.416 e. The number of aryl methyl sites for hydroxylation is 1. The summed E-state index contributed by atoms with van der Waals surface area (Å²) in [6.45, 7) is 1.68. The number of fused-ring (bicyclic) bond motifs is 3. The van der Waals surface area contributed by atoms with E-state index in [9.17, 15) is 13.2 Å². The van der Waals surface area contributed by atoms with E-state index in [0.29, 0.717) is 22.4 Å². The van der Waals surface area contributed by atoms with Gasteiger partial charge in [-0.25, -0.2) is 0 Å². The van der Waals surface area contributed by atoms with Crippen molar-refractivity contribution in [1.29, 1.82) is 0 Å². The van der Waals surface area contributed by atoms with Gasteiger partial charge in [-0.15, -0.1) is 10.2 Å². The summed E-state index contributed by atoms with van der Waals surface area (Å²) >= 11 is 0. The fraction of sp³-hybridized carbons (Fsp3) is 0.0714. The van der Waals surface area contributed by atoms with E-state index in [-0.39, 0.29) is 11.6 Å². The molecule has 2 heterocycles. The molecule has 0 atom stereocenters. The quantitative estimate of drug-likeness (QED) is 0.244. The Morgan fingerprint density at radius 2 is 1.43 bits per heavy atom. The fourth-order valence-electron chi connectivity index (χ4n) is 4.16. The number of rotatable bonds is 3. The van der Waals surface area contributed by atoms with Gasteiger partial charge in [-0.05, 0) is 59.7 Å². The normalized spacial score (nSPS) is 12.0. The van der Waals surface area contributed by atoms with Crippen LogP contribution in [-0.2, 0) is 6.18 Å². The summed E-state index contributed by atoms with van der Waals surface area (Å²) in [5.41, 5.74) is 1.00. The number of para-hydroxylation sites is 1. The Balaban J connectivity index is 1.56. The van der Waals surface area contributed by atoms with Crippen molar-refractivity contribution in [2.75, 3.05) is 0 Å². The lowest BCUT2D eigenvalue weighted by Crippen LogP contribution is -2.05. The highest BCUT2D eigenvalue weighted by Gasteiger charge is 2.31. The van der Waals surface area contributed by atoms with E-state index in [2.05, 4.69) is 10.2 Å². The number of ether oxygens (including phenoxy) is 1. The van der Waals surface area contributed by atoms with Gasteiger partial charge in [0.1, 0.15) is 17.0 Å². The third-order valence-corrected chi connectivity index (χ3v) is 5.99. The third-order valence-electron chi connectivity index (χ3n) is 5.99. The molecule has 35 heavy (non-hydrogen) atoms. The lowest BCUT2D eigenvalue weighted by Gasteiger charge is -2.14. The second-order valence-electron chi connectivity index (χ2n) is 8.33. The van der Waals surface area contributed by atoms with E-state index in [1.807, 2.05) is 66.7 Å². The highest BCUT2D eigenvalue weighted by Crippen LogP contribution is 2.39. The molecule has 172 valence electrons. The Bertz CT molecular complexity index is 1710. The van der Waals surface area contributed by atoms with Gasteiger partial charge in [-0.2, -0.15) is 13.2 Å². The summed E-state index contributed by atoms with van der Waals surface area (Å²) in [4.78, 5) is 0. The average molecular weight is 470 g/mol. The Kier molecular flexibility index (Phi) is 4.74. The zero-order valence-corrected chi connectivity index (χ0v) is 18.4. The molecular weight excluding hydrogens is 453 g/mol. The van der Waals surface area contributed by atoms with E-state index in [4.69, 9.17) is 9.15 Å². The molecule has 0 bridgehead atoms. The zero-order valence-electron chi connectivity index (χ0n) is 18.4. The molecular formula is C28H17F3N2O2. The van der Waals surface area contributed by atoms with Gasteiger partial charge < -0.3 is 9.15 Å². The van der Waals surface area contributed by atoms with Crippen LogP contribution in [0.15, 0.2) is 89.3 Å². The molecule has 2 aromatic heterocycles. The molecule has 0 fully saturated rings. The van der Waals surface area contributed by atoms with Crippen molar-refractivity contribution in [1.82, 2.24) is 10.2 Å². The Morgan fingerprint density at radius 3 is 2.14 bits per heavy atom. The largest absolute Gasteiger partial charge is 0.454 e.